The highest BCUT2D eigenvalue weighted by Gasteiger charge is 2.06. The van der Waals surface area contributed by atoms with Gasteiger partial charge in [0.1, 0.15) is 11.6 Å². The summed E-state index contributed by atoms with van der Waals surface area (Å²) in [4.78, 5) is 11.8. The van der Waals surface area contributed by atoms with Crippen molar-refractivity contribution in [2.24, 2.45) is 0 Å². The van der Waals surface area contributed by atoms with E-state index in [1.54, 1.807) is 12.3 Å². The van der Waals surface area contributed by atoms with E-state index in [2.05, 4.69) is 15.0 Å². The van der Waals surface area contributed by atoms with Gasteiger partial charge in [0.15, 0.2) is 5.65 Å². The average Bonchev–Trinajstić information content (AvgIpc) is 2.76. The van der Waals surface area contributed by atoms with Crippen molar-refractivity contribution in [3.8, 4) is 17.1 Å². The number of phenolic OH excluding ortho intramolecular Hbond substituents is 1. The second kappa shape index (κ2) is 3.59. The Morgan fingerprint density at radius 2 is 2.12 bits per heavy atom. The van der Waals surface area contributed by atoms with Crippen LogP contribution in [0.25, 0.3) is 22.6 Å². The quantitative estimate of drug-likeness (QED) is 0.669. The van der Waals surface area contributed by atoms with E-state index in [0.717, 1.165) is 22.5 Å². The third-order valence-electron chi connectivity index (χ3n) is 2.73. The van der Waals surface area contributed by atoms with Gasteiger partial charge in [-0.05, 0) is 42.8 Å². The molecule has 84 valence electrons. The molecule has 4 heteroatoms. The second-order valence-electron chi connectivity index (χ2n) is 3.96. The number of aromatic hydroxyl groups is 1. The maximum Gasteiger partial charge on any atom is 0.178 e. The van der Waals surface area contributed by atoms with Gasteiger partial charge in [-0.2, -0.15) is 0 Å². The van der Waals surface area contributed by atoms with Gasteiger partial charge in [0.05, 0.1) is 5.52 Å². The van der Waals surface area contributed by atoms with Crippen molar-refractivity contribution in [1.29, 1.82) is 0 Å². The Balaban J connectivity index is 2.17. The summed E-state index contributed by atoms with van der Waals surface area (Å²) in [6, 6.07) is 9.21. The summed E-state index contributed by atoms with van der Waals surface area (Å²) in [5.74, 6) is 1.06. The molecule has 3 aromatic rings. The topological polar surface area (TPSA) is 61.8 Å². The minimum absolute atomic E-state index is 0.294. The number of hydrogen-bond acceptors (Lipinski definition) is 3. The van der Waals surface area contributed by atoms with E-state index >= 15 is 0 Å². The number of aromatic amines is 1. The number of aromatic nitrogens is 3. The number of aryl methyl sites for hydroxylation is 1. The van der Waals surface area contributed by atoms with E-state index < -0.39 is 0 Å². The fourth-order valence-corrected chi connectivity index (χ4v) is 1.78. The molecule has 0 aliphatic heterocycles. The molecule has 2 N–H and O–H groups in total. The predicted octanol–water partition coefficient (Wildman–Crippen LogP) is 2.64. The maximum atomic E-state index is 9.49. The van der Waals surface area contributed by atoms with Crippen LogP contribution in [0.3, 0.4) is 0 Å². The second-order valence-corrected chi connectivity index (χ2v) is 3.96. The normalized spacial score (nSPS) is 10.9. The minimum Gasteiger partial charge on any atom is -0.508 e. The fraction of sp³-hybridized carbons (Fsp3) is 0.0769. The van der Waals surface area contributed by atoms with Gasteiger partial charge in [0, 0.05) is 11.8 Å². The molecule has 0 unspecified atom stereocenters. The fourth-order valence-electron chi connectivity index (χ4n) is 1.78. The molecule has 0 radical (unpaired) electrons. The number of rotatable bonds is 1. The molecule has 0 saturated heterocycles. The van der Waals surface area contributed by atoms with Crippen molar-refractivity contribution in [1.82, 2.24) is 15.0 Å². The molecule has 4 nitrogen and oxygen atoms in total. The first kappa shape index (κ1) is 9.84. The van der Waals surface area contributed by atoms with Gasteiger partial charge in [-0.3, -0.25) is 0 Å². The maximum absolute atomic E-state index is 9.49. The van der Waals surface area contributed by atoms with Gasteiger partial charge in [0.2, 0.25) is 0 Å². The van der Waals surface area contributed by atoms with E-state index in [9.17, 15) is 5.11 Å². The Hall–Kier alpha value is -2.36. The number of pyridine rings is 1. The molecule has 0 spiro atoms. The monoisotopic (exact) mass is 225 g/mol. The molecule has 3 rings (SSSR count). The Bertz CT molecular complexity index is 655. The lowest BCUT2D eigenvalue weighted by Crippen LogP contribution is -1.82. The third kappa shape index (κ3) is 1.63. The van der Waals surface area contributed by atoms with Crippen LogP contribution < -0.4 is 0 Å². The van der Waals surface area contributed by atoms with Crippen molar-refractivity contribution in [2.45, 2.75) is 6.92 Å². The molecule has 17 heavy (non-hydrogen) atoms. The summed E-state index contributed by atoms with van der Waals surface area (Å²) < 4.78 is 0. The summed E-state index contributed by atoms with van der Waals surface area (Å²) in [7, 11) is 0. The van der Waals surface area contributed by atoms with Crippen molar-refractivity contribution in [2.75, 3.05) is 0 Å². The van der Waals surface area contributed by atoms with E-state index in [-0.39, 0.29) is 0 Å². The van der Waals surface area contributed by atoms with Crippen LogP contribution >= 0.6 is 0 Å². The van der Waals surface area contributed by atoms with Crippen LogP contribution in [0.4, 0.5) is 0 Å². The zero-order valence-electron chi connectivity index (χ0n) is 9.31. The van der Waals surface area contributed by atoms with Crippen LogP contribution in [0.15, 0.2) is 36.5 Å². The molecule has 0 aliphatic carbocycles. The summed E-state index contributed by atoms with van der Waals surface area (Å²) in [5.41, 5.74) is 3.38. The number of fused-ring (bicyclic) bond motifs is 1. The average molecular weight is 225 g/mol. The minimum atomic E-state index is 0.294. The lowest BCUT2D eigenvalue weighted by molar-refractivity contribution is 0.471. The predicted molar refractivity (Wildman–Crippen MR) is 65.7 cm³/mol. The molecule has 0 bridgehead atoms. The first-order valence-electron chi connectivity index (χ1n) is 5.35. The summed E-state index contributed by atoms with van der Waals surface area (Å²) in [6.07, 6.45) is 1.72. The first-order valence-corrected chi connectivity index (χ1v) is 5.35. The number of nitrogens with zero attached hydrogens (tertiary/aromatic N) is 2. The van der Waals surface area contributed by atoms with E-state index in [1.165, 1.54) is 0 Å². The first-order chi connectivity index (χ1) is 8.24. The summed E-state index contributed by atoms with van der Waals surface area (Å²) in [6.45, 7) is 1.86. The van der Waals surface area contributed by atoms with Crippen molar-refractivity contribution in [3.05, 3.63) is 42.1 Å². The zero-order chi connectivity index (χ0) is 11.8. The number of nitrogens with one attached hydrogen (secondary N) is 1. The molecular formula is C13H11N3O. The molecule has 0 amide bonds. The number of benzene rings is 1. The van der Waals surface area contributed by atoms with E-state index in [4.69, 9.17) is 0 Å². The highest BCUT2D eigenvalue weighted by atomic mass is 16.3. The smallest absolute Gasteiger partial charge is 0.178 e. The zero-order valence-corrected chi connectivity index (χ0v) is 9.31. The Morgan fingerprint density at radius 1 is 1.24 bits per heavy atom. The SMILES string of the molecule is Cc1cc(-c2nc3ncccc3[nH]2)ccc1O. The van der Waals surface area contributed by atoms with Gasteiger partial charge >= 0.3 is 0 Å². The Labute approximate surface area is 98.0 Å². The molecule has 1 aromatic carbocycles. The van der Waals surface area contributed by atoms with Crippen LogP contribution in [0.1, 0.15) is 5.56 Å². The largest absolute Gasteiger partial charge is 0.508 e. The van der Waals surface area contributed by atoms with Crippen LogP contribution in [0, 0.1) is 6.92 Å². The van der Waals surface area contributed by atoms with Crippen molar-refractivity contribution in [3.63, 3.8) is 0 Å². The highest BCUT2D eigenvalue weighted by molar-refractivity contribution is 5.75. The van der Waals surface area contributed by atoms with E-state index in [1.807, 2.05) is 31.2 Å². The standard InChI is InChI=1S/C13H11N3O/c1-8-7-9(4-5-11(8)17)12-15-10-3-2-6-14-13(10)16-12/h2-7,17H,1H3,(H,14,15,16). The van der Waals surface area contributed by atoms with Crippen LogP contribution in [-0.4, -0.2) is 20.1 Å². The van der Waals surface area contributed by atoms with Crippen LogP contribution in [0.5, 0.6) is 5.75 Å². The molecular weight excluding hydrogens is 214 g/mol. The van der Waals surface area contributed by atoms with E-state index in [0.29, 0.717) is 11.4 Å². The molecule has 2 aromatic heterocycles. The van der Waals surface area contributed by atoms with Gasteiger partial charge in [0.25, 0.3) is 0 Å². The summed E-state index contributed by atoms with van der Waals surface area (Å²) >= 11 is 0. The lowest BCUT2D eigenvalue weighted by Gasteiger charge is -2.00. The molecule has 0 saturated carbocycles. The lowest BCUT2D eigenvalue weighted by atomic mass is 10.1. The summed E-state index contributed by atoms with van der Waals surface area (Å²) in [5, 5.41) is 9.49. The number of H-pyrrole nitrogens is 1. The van der Waals surface area contributed by atoms with Gasteiger partial charge in [-0.1, -0.05) is 0 Å². The van der Waals surface area contributed by atoms with Crippen LogP contribution in [0.2, 0.25) is 0 Å². The van der Waals surface area contributed by atoms with Gasteiger partial charge in [-0.25, -0.2) is 9.97 Å². The van der Waals surface area contributed by atoms with Crippen molar-refractivity contribution < 1.29 is 5.11 Å². The number of imidazole rings is 1. The van der Waals surface area contributed by atoms with Crippen molar-refractivity contribution >= 4 is 11.2 Å². The Kier molecular flexibility index (Phi) is 2.08. The Morgan fingerprint density at radius 3 is 2.88 bits per heavy atom. The number of hydrogen-bond donors (Lipinski definition) is 2. The highest BCUT2D eigenvalue weighted by Crippen LogP contribution is 2.24. The molecule has 0 fully saturated rings. The molecule has 0 aliphatic rings. The molecule has 0 atom stereocenters. The third-order valence-corrected chi connectivity index (χ3v) is 2.73. The molecule has 2 heterocycles. The number of phenols is 1. The van der Waals surface area contributed by atoms with Crippen LogP contribution in [-0.2, 0) is 0 Å². The van der Waals surface area contributed by atoms with Gasteiger partial charge < -0.3 is 10.1 Å². The van der Waals surface area contributed by atoms with Gasteiger partial charge in [-0.15, -0.1) is 0 Å².